The molecule has 1 fully saturated rings. The van der Waals surface area contributed by atoms with Crippen molar-refractivity contribution in [2.45, 2.75) is 18.7 Å². The number of halogens is 1. The standard InChI is InChI=1S/C10H13BrN2OS/c1-10(2)5-13(4-8(10)11)9(14)7-3-12-6-15-7/h3,6,8H,4-5H2,1-2H3. The van der Waals surface area contributed by atoms with Crippen molar-refractivity contribution in [2.75, 3.05) is 13.1 Å². The highest BCUT2D eigenvalue weighted by Crippen LogP contribution is 2.35. The van der Waals surface area contributed by atoms with Crippen LogP contribution in [0, 0.1) is 5.41 Å². The van der Waals surface area contributed by atoms with E-state index in [1.165, 1.54) is 11.3 Å². The second-order valence-electron chi connectivity index (χ2n) is 4.51. The Bertz CT molecular complexity index is 364. The molecular formula is C10H13BrN2OS. The van der Waals surface area contributed by atoms with Gasteiger partial charge < -0.3 is 4.90 Å². The van der Waals surface area contributed by atoms with E-state index in [1.54, 1.807) is 11.7 Å². The van der Waals surface area contributed by atoms with Gasteiger partial charge in [-0.25, -0.2) is 0 Å². The average molecular weight is 289 g/mol. The van der Waals surface area contributed by atoms with Gasteiger partial charge in [0.05, 0.1) is 11.7 Å². The third-order valence-electron chi connectivity index (χ3n) is 2.76. The van der Waals surface area contributed by atoms with Crippen molar-refractivity contribution in [3.63, 3.8) is 0 Å². The molecule has 0 N–H and O–H groups in total. The van der Waals surface area contributed by atoms with E-state index < -0.39 is 0 Å². The highest BCUT2D eigenvalue weighted by molar-refractivity contribution is 9.09. The molecule has 0 spiro atoms. The van der Waals surface area contributed by atoms with E-state index in [4.69, 9.17) is 0 Å². The molecule has 1 aliphatic heterocycles. The molecule has 0 radical (unpaired) electrons. The summed E-state index contributed by atoms with van der Waals surface area (Å²) in [6, 6.07) is 0. The zero-order valence-electron chi connectivity index (χ0n) is 8.74. The Hall–Kier alpha value is -0.420. The zero-order chi connectivity index (χ0) is 11.1. The third-order valence-corrected chi connectivity index (χ3v) is 5.05. The molecule has 1 aliphatic rings. The molecule has 3 nitrogen and oxygen atoms in total. The first-order chi connectivity index (χ1) is 7.00. The molecule has 2 heterocycles. The summed E-state index contributed by atoms with van der Waals surface area (Å²) in [6.45, 7) is 5.93. The van der Waals surface area contributed by atoms with Crippen molar-refractivity contribution in [3.05, 3.63) is 16.6 Å². The lowest BCUT2D eigenvalue weighted by Gasteiger charge is -2.20. The number of thiazole rings is 1. The Morgan fingerprint density at radius 1 is 1.73 bits per heavy atom. The van der Waals surface area contributed by atoms with Gasteiger partial charge in [0.2, 0.25) is 0 Å². The van der Waals surface area contributed by atoms with Crippen LogP contribution in [-0.2, 0) is 0 Å². The highest BCUT2D eigenvalue weighted by Gasteiger charge is 2.40. The van der Waals surface area contributed by atoms with Gasteiger partial charge in [0.15, 0.2) is 0 Å². The van der Waals surface area contributed by atoms with Gasteiger partial charge >= 0.3 is 0 Å². The molecule has 0 bridgehead atoms. The summed E-state index contributed by atoms with van der Waals surface area (Å²) >= 11 is 5.03. The molecule has 1 aromatic rings. The lowest BCUT2D eigenvalue weighted by Crippen LogP contribution is -2.29. The second-order valence-corrected chi connectivity index (χ2v) is 6.50. The fraction of sp³-hybridized carbons (Fsp3) is 0.600. The number of hydrogen-bond donors (Lipinski definition) is 0. The zero-order valence-corrected chi connectivity index (χ0v) is 11.1. The number of rotatable bonds is 1. The molecule has 1 atom stereocenters. The minimum absolute atomic E-state index is 0.104. The average Bonchev–Trinajstić information content (AvgIpc) is 2.74. The van der Waals surface area contributed by atoms with Crippen LogP contribution < -0.4 is 0 Å². The van der Waals surface area contributed by atoms with Gasteiger partial charge in [-0.05, 0) is 5.41 Å². The van der Waals surface area contributed by atoms with Crippen LogP contribution in [0.4, 0.5) is 0 Å². The summed E-state index contributed by atoms with van der Waals surface area (Å²) < 4.78 is 0. The predicted octanol–water partition coefficient (Wildman–Crippen LogP) is 2.39. The van der Waals surface area contributed by atoms with Crippen LogP contribution in [-0.4, -0.2) is 33.7 Å². The normalized spacial score (nSPS) is 24.5. The number of amides is 1. The van der Waals surface area contributed by atoms with Gasteiger partial charge in [-0.1, -0.05) is 29.8 Å². The van der Waals surface area contributed by atoms with Crippen LogP contribution in [0.1, 0.15) is 23.5 Å². The minimum Gasteiger partial charge on any atom is -0.336 e. The van der Waals surface area contributed by atoms with Crippen molar-refractivity contribution in [2.24, 2.45) is 5.41 Å². The molecule has 0 saturated carbocycles. The maximum Gasteiger partial charge on any atom is 0.265 e. The van der Waals surface area contributed by atoms with Crippen molar-refractivity contribution < 1.29 is 4.79 Å². The van der Waals surface area contributed by atoms with Crippen LogP contribution in [0.25, 0.3) is 0 Å². The summed E-state index contributed by atoms with van der Waals surface area (Å²) in [5.74, 6) is 0.104. The Morgan fingerprint density at radius 2 is 2.47 bits per heavy atom. The summed E-state index contributed by atoms with van der Waals surface area (Å²) in [5, 5.41) is 0. The van der Waals surface area contributed by atoms with E-state index >= 15 is 0 Å². The first-order valence-corrected chi connectivity index (χ1v) is 6.62. The minimum atomic E-state index is 0.104. The fourth-order valence-electron chi connectivity index (χ4n) is 1.73. The number of hydrogen-bond acceptors (Lipinski definition) is 3. The van der Waals surface area contributed by atoms with E-state index in [0.29, 0.717) is 4.83 Å². The van der Waals surface area contributed by atoms with E-state index in [9.17, 15) is 4.79 Å². The van der Waals surface area contributed by atoms with Crippen molar-refractivity contribution in [3.8, 4) is 0 Å². The molecule has 1 saturated heterocycles. The predicted molar refractivity (Wildman–Crippen MR) is 64.5 cm³/mol. The molecule has 1 amide bonds. The molecule has 0 aliphatic carbocycles. The number of alkyl halides is 1. The first-order valence-electron chi connectivity index (χ1n) is 4.82. The maximum absolute atomic E-state index is 12.0. The fourth-order valence-corrected chi connectivity index (χ4v) is 2.81. The number of nitrogens with zero attached hydrogens (tertiary/aromatic N) is 2. The van der Waals surface area contributed by atoms with E-state index in [0.717, 1.165) is 18.0 Å². The quantitative estimate of drug-likeness (QED) is 0.744. The number of carbonyl (C=O) groups is 1. The third kappa shape index (κ3) is 2.08. The first kappa shape index (κ1) is 11.1. The second kappa shape index (κ2) is 3.87. The Balaban J connectivity index is 2.12. The molecule has 1 unspecified atom stereocenters. The summed E-state index contributed by atoms with van der Waals surface area (Å²) in [5.41, 5.74) is 1.85. The largest absolute Gasteiger partial charge is 0.336 e. The topological polar surface area (TPSA) is 33.2 Å². The van der Waals surface area contributed by atoms with Crippen molar-refractivity contribution >= 4 is 33.2 Å². The van der Waals surface area contributed by atoms with Crippen LogP contribution in [0.2, 0.25) is 0 Å². The summed E-state index contributed by atoms with van der Waals surface area (Å²) in [4.78, 5) is 18.9. The van der Waals surface area contributed by atoms with Gasteiger partial charge in [0.25, 0.3) is 5.91 Å². The molecule has 82 valence electrons. The van der Waals surface area contributed by atoms with Gasteiger partial charge in [-0.3, -0.25) is 9.78 Å². The van der Waals surface area contributed by atoms with Gasteiger partial charge in [-0.2, -0.15) is 0 Å². The molecular weight excluding hydrogens is 276 g/mol. The molecule has 15 heavy (non-hydrogen) atoms. The van der Waals surface area contributed by atoms with Gasteiger partial charge in [0, 0.05) is 17.9 Å². The van der Waals surface area contributed by atoms with Crippen LogP contribution >= 0.6 is 27.3 Å². The van der Waals surface area contributed by atoms with Crippen LogP contribution in [0.5, 0.6) is 0 Å². The van der Waals surface area contributed by atoms with E-state index in [2.05, 4.69) is 34.8 Å². The lowest BCUT2D eigenvalue weighted by molar-refractivity contribution is 0.0783. The van der Waals surface area contributed by atoms with Crippen molar-refractivity contribution in [1.29, 1.82) is 0 Å². The highest BCUT2D eigenvalue weighted by atomic mass is 79.9. The lowest BCUT2D eigenvalue weighted by atomic mass is 9.93. The van der Waals surface area contributed by atoms with E-state index in [-0.39, 0.29) is 11.3 Å². The Kier molecular flexibility index (Phi) is 2.85. The smallest absolute Gasteiger partial charge is 0.265 e. The molecule has 1 aromatic heterocycles. The Labute approximate surface area is 102 Å². The maximum atomic E-state index is 12.0. The summed E-state index contributed by atoms with van der Waals surface area (Å²) in [7, 11) is 0. The number of likely N-dealkylation sites (tertiary alicyclic amines) is 1. The Morgan fingerprint density at radius 3 is 2.93 bits per heavy atom. The van der Waals surface area contributed by atoms with Gasteiger partial charge in [0.1, 0.15) is 4.88 Å². The molecule has 2 rings (SSSR count). The number of carbonyl (C=O) groups excluding carboxylic acids is 1. The van der Waals surface area contributed by atoms with Crippen LogP contribution in [0.3, 0.4) is 0 Å². The van der Waals surface area contributed by atoms with Crippen LogP contribution in [0.15, 0.2) is 11.7 Å². The SMILES string of the molecule is CC1(C)CN(C(=O)c2cncs2)CC1Br. The molecule has 0 aromatic carbocycles. The van der Waals surface area contributed by atoms with Gasteiger partial charge in [-0.15, -0.1) is 11.3 Å². The molecule has 5 heteroatoms. The van der Waals surface area contributed by atoms with E-state index in [1.807, 2.05) is 4.90 Å². The monoisotopic (exact) mass is 288 g/mol. The number of aromatic nitrogens is 1. The summed E-state index contributed by atoms with van der Waals surface area (Å²) in [6.07, 6.45) is 1.64. The van der Waals surface area contributed by atoms with Crippen molar-refractivity contribution in [1.82, 2.24) is 9.88 Å².